The van der Waals surface area contributed by atoms with E-state index in [1.165, 1.54) is 25.0 Å². The van der Waals surface area contributed by atoms with Crippen molar-refractivity contribution < 1.29 is 9.18 Å². The minimum atomic E-state index is -0.302. The van der Waals surface area contributed by atoms with Crippen molar-refractivity contribution in [1.29, 1.82) is 0 Å². The summed E-state index contributed by atoms with van der Waals surface area (Å²) >= 11 is 0. The van der Waals surface area contributed by atoms with Gasteiger partial charge in [0.15, 0.2) is 0 Å². The van der Waals surface area contributed by atoms with Crippen LogP contribution in [0.25, 0.3) is 0 Å². The molecule has 0 spiro atoms. The van der Waals surface area contributed by atoms with Crippen LogP contribution in [-0.2, 0) is 4.79 Å². The Hall–Kier alpha value is -1.42. The first-order chi connectivity index (χ1) is 9.97. The molecule has 1 amide bonds. The van der Waals surface area contributed by atoms with Gasteiger partial charge in [-0.3, -0.25) is 4.79 Å². The van der Waals surface area contributed by atoms with Crippen molar-refractivity contribution in [1.82, 2.24) is 5.32 Å². The summed E-state index contributed by atoms with van der Waals surface area (Å²) in [5.41, 5.74) is 0.625. The van der Waals surface area contributed by atoms with E-state index in [4.69, 9.17) is 0 Å². The standard InChI is InChI=1S/C17H25FN2O/c1-11-5-4-6-16(12(11)2)19-13(3)17(21)20-15-9-7-14(18)8-10-15/h7-13,16,19H,4-6H2,1-3H3,(H,20,21)/t11-,12-,13+,16+/m1/s1. The predicted molar refractivity (Wildman–Crippen MR) is 83.6 cm³/mol. The molecule has 4 heteroatoms. The summed E-state index contributed by atoms with van der Waals surface area (Å²) in [6, 6.07) is 5.98. The molecule has 2 rings (SSSR count). The van der Waals surface area contributed by atoms with Crippen LogP contribution in [0.15, 0.2) is 24.3 Å². The van der Waals surface area contributed by atoms with Gasteiger partial charge < -0.3 is 10.6 Å². The van der Waals surface area contributed by atoms with E-state index in [9.17, 15) is 9.18 Å². The first kappa shape index (κ1) is 16.0. The van der Waals surface area contributed by atoms with Gasteiger partial charge in [-0.25, -0.2) is 4.39 Å². The van der Waals surface area contributed by atoms with Crippen molar-refractivity contribution in [2.24, 2.45) is 11.8 Å². The van der Waals surface area contributed by atoms with Crippen molar-refractivity contribution in [3.8, 4) is 0 Å². The summed E-state index contributed by atoms with van der Waals surface area (Å²) < 4.78 is 12.8. The quantitative estimate of drug-likeness (QED) is 0.891. The highest BCUT2D eigenvalue weighted by atomic mass is 19.1. The highest BCUT2D eigenvalue weighted by Gasteiger charge is 2.29. The predicted octanol–water partition coefficient (Wildman–Crippen LogP) is 3.57. The molecule has 116 valence electrons. The number of nitrogens with one attached hydrogen (secondary N) is 2. The van der Waals surface area contributed by atoms with Crippen LogP contribution < -0.4 is 10.6 Å². The van der Waals surface area contributed by atoms with Crippen LogP contribution >= 0.6 is 0 Å². The first-order valence-corrected chi connectivity index (χ1v) is 7.80. The van der Waals surface area contributed by atoms with Crippen molar-refractivity contribution in [2.75, 3.05) is 5.32 Å². The topological polar surface area (TPSA) is 41.1 Å². The maximum absolute atomic E-state index is 12.8. The molecular formula is C17H25FN2O. The number of carbonyl (C=O) groups excluding carboxylic acids is 1. The highest BCUT2D eigenvalue weighted by molar-refractivity contribution is 5.94. The molecule has 0 heterocycles. The Balaban J connectivity index is 1.88. The number of amides is 1. The molecule has 1 aliphatic rings. The normalized spacial score (nSPS) is 27.1. The van der Waals surface area contributed by atoms with E-state index in [0.29, 0.717) is 23.6 Å². The Morgan fingerprint density at radius 1 is 1.24 bits per heavy atom. The summed E-state index contributed by atoms with van der Waals surface area (Å²) in [4.78, 5) is 12.2. The molecule has 2 N–H and O–H groups in total. The minimum Gasteiger partial charge on any atom is -0.325 e. The number of hydrogen-bond acceptors (Lipinski definition) is 2. The fourth-order valence-electron chi connectivity index (χ4n) is 3.00. The molecule has 0 aromatic heterocycles. The van der Waals surface area contributed by atoms with Gasteiger partial charge in [-0.2, -0.15) is 0 Å². The van der Waals surface area contributed by atoms with Gasteiger partial charge in [-0.05, 0) is 49.4 Å². The third-order valence-corrected chi connectivity index (χ3v) is 4.68. The fraction of sp³-hybridized carbons (Fsp3) is 0.588. The smallest absolute Gasteiger partial charge is 0.241 e. The van der Waals surface area contributed by atoms with Crippen LogP contribution in [-0.4, -0.2) is 18.0 Å². The van der Waals surface area contributed by atoms with Crippen molar-refractivity contribution in [2.45, 2.75) is 52.1 Å². The van der Waals surface area contributed by atoms with Crippen LogP contribution in [0.2, 0.25) is 0 Å². The lowest BCUT2D eigenvalue weighted by Crippen LogP contribution is -2.49. The molecule has 0 aliphatic heterocycles. The van der Waals surface area contributed by atoms with Crippen LogP contribution in [0, 0.1) is 17.7 Å². The van der Waals surface area contributed by atoms with E-state index in [1.54, 1.807) is 12.1 Å². The average Bonchev–Trinajstić information content (AvgIpc) is 2.46. The maximum Gasteiger partial charge on any atom is 0.241 e. The Labute approximate surface area is 126 Å². The van der Waals surface area contributed by atoms with Crippen molar-refractivity contribution in [3.05, 3.63) is 30.1 Å². The molecule has 0 bridgehead atoms. The molecule has 1 saturated carbocycles. The molecule has 1 aromatic carbocycles. The number of rotatable bonds is 4. The van der Waals surface area contributed by atoms with E-state index in [1.807, 2.05) is 6.92 Å². The second kappa shape index (κ2) is 7.03. The Morgan fingerprint density at radius 3 is 2.57 bits per heavy atom. The largest absolute Gasteiger partial charge is 0.325 e. The average molecular weight is 292 g/mol. The maximum atomic E-state index is 12.8. The third kappa shape index (κ3) is 4.27. The fourth-order valence-corrected chi connectivity index (χ4v) is 3.00. The van der Waals surface area contributed by atoms with Gasteiger partial charge in [0, 0.05) is 11.7 Å². The summed E-state index contributed by atoms with van der Waals surface area (Å²) in [5, 5.41) is 6.26. The van der Waals surface area contributed by atoms with Crippen molar-refractivity contribution >= 4 is 11.6 Å². The zero-order chi connectivity index (χ0) is 15.4. The molecule has 1 aromatic rings. The minimum absolute atomic E-state index is 0.0768. The first-order valence-electron chi connectivity index (χ1n) is 7.80. The van der Waals surface area contributed by atoms with Crippen molar-refractivity contribution in [3.63, 3.8) is 0 Å². The molecule has 0 unspecified atom stereocenters. The van der Waals surface area contributed by atoms with Gasteiger partial charge in [0.25, 0.3) is 0 Å². The molecule has 0 saturated heterocycles. The van der Waals surface area contributed by atoms with E-state index in [0.717, 1.165) is 6.42 Å². The Kier molecular flexibility index (Phi) is 5.34. The van der Waals surface area contributed by atoms with Gasteiger partial charge in [0.2, 0.25) is 5.91 Å². The number of halogens is 1. The van der Waals surface area contributed by atoms with Gasteiger partial charge in [0.05, 0.1) is 6.04 Å². The molecule has 1 aliphatic carbocycles. The third-order valence-electron chi connectivity index (χ3n) is 4.68. The summed E-state index contributed by atoms with van der Waals surface area (Å²) in [6.07, 6.45) is 3.62. The second-order valence-corrected chi connectivity index (χ2v) is 6.26. The van der Waals surface area contributed by atoms with E-state index < -0.39 is 0 Å². The van der Waals surface area contributed by atoms with Crippen LogP contribution in [0.1, 0.15) is 40.0 Å². The second-order valence-electron chi connectivity index (χ2n) is 6.26. The Morgan fingerprint density at radius 2 is 1.90 bits per heavy atom. The number of benzene rings is 1. The van der Waals surface area contributed by atoms with Crippen LogP contribution in [0.3, 0.4) is 0 Å². The SMILES string of the molecule is C[C@@H]1[C@H](C)CCC[C@@H]1N[C@@H](C)C(=O)Nc1ccc(F)cc1. The zero-order valence-electron chi connectivity index (χ0n) is 13.0. The zero-order valence-corrected chi connectivity index (χ0v) is 13.0. The monoisotopic (exact) mass is 292 g/mol. The van der Waals surface area contributed by atoms with Gasteiger partial charge in [0.1, 0.15) is 5.82 Å². The molecular weight excluding hydrogens is 267 g/mol. The van der Waals surface area contributed by atoms with Gasteiger partial charge >= 0.3 is 0 Å². The summed E-state index contributed by atoms with van der Waals surface area (Å²) in [5.74, 6) is 0.902. The lowest BCUT2D eigenvalue weighted by molar-refractivity contribution is -0.118. The van der Waals surface area contributed by atoms with Crippen LogP contribution in [0.4, 0.5) is 10.1 Å². The lowest BCUT2D eigenvalue weighted by Gasteiger charge is -2.36. The molecule has 4 atom stereocenters. The Bertz CT molecular complexity index is 474. The summed E-state index contributed by atoms with van der Waals surface area (Å²) in [6.45, 7) is 6.42. The van der Waals surface area contributed by atoms with Crippen LogP contribution in [0.5, 0.6) is 0 Å². The highest BCUT2D eigenvalue weighted by Crippen LogP contribution is 2.29. The number of anilines is 1. The van der Waals surface area contributed by atoms with E-state index >= 15 is 0 Å². The summed E-state index contributed by atoms with van der Waals surface area (Å²) in [7, 11) is 0. The van der Waals surface area contributed by atoms with E-state index in [2.05, 4.69) is 24.5 Å². The number of hydrogen-bond donors (Lipinski definition) is 2. The molecule has 3 nitrogen and oxygen atoms in total. The lowest BCUT2D eigenvalue weighted by atomic mass is 9.78. The van der Waals surface area contributed by atoms with E-state index in [-0.39, 0.29) is 17.8 Å². The molecule has 1 fully saturated rings. The van der Waals surface area contributed by atoms with Gasteiger partial charge in [-0.15, -0.1) is 0 Å². The van der Waals surface area contributed by atoms with Gasteiger partial charge in [-0.1, -0.05) is 26.7 Å². The number of carbonyl (C=O) groups is 1. The molecule has 21 heavy (non-hydrogen) atoms. The molecule has 0 radical (unpaired) electrons.